The molecule has 0 spiro atoms. The molecule has 34 heavy (non-hydrogen) atoms. The first-order chi connectivity index (χ1) is 16.7. The van der Waals surface area contributed by atoms with Gasteiger partial charge in [0.1, 0.15) is 17.4 Å². The van der Waals surface area contributed by atoms with Crippen molar-refractivity contribution in [3.63, 3.8) is 0 Å². The van der Waals surface area contributed by atoms with Crippen LogP contribution in [-0.2, 0) is 0 Å². The third-order valence-electron chi connectivity index (χ3n) is 5.67. The number of nitrogens with zero attached hydrogens (tertiary/aromatic N) is 2. The van der Waals surface area contributed by atoms with E-state index in [4.69, 9.17) is 4.74 Å². The Morgan fingerprint density at radius 1 is 0.971 bits per heavy atom. The van der Waals surface area contributed by atoms with Crippen LogP contribution in [0.3, 0.4) is 0 Å². The van der Waals surface area contributed by atoms with E-state index in [1.165, 1.54) is 5.56 Å². The van der Waals surface area contributed by atoms with Gasteiger partial charge in [-0.3, -0.25) is 3.97 Å². The number of nitriles is 1. The molecule has 0 saturated heterocycles. The smallest absolute Gasteiger partial charge is 0.137 e. The highest BCUT2D eigenvalue weighted by atomic mass is 32.2. The Kier molecular flexibility index (Phi) is 6.44. The minimum atomic E-state index is 0.581. The fraction of sp³-hybridized carbons (Fsp3) is 0.138. The molecule has 3 nitrogen and oxygen atoms in total. The van der Waals surface area contributed by atoms with E-state index in [0.29, 0.717) is 17.9 Å². The molecule has 3 aromatic carbocycles. The number of hydrogen-bond donors (Lipinski definition) is 0. The van der Waals surface area contributed by atoms with Crippen LogP contribution in [0.15, 0.2) is 89.1 Å². The maximum atomic E-state index is 10.2. The van der Waals surface area contributed by atoms with Crippen LogP contribution in [0.25, 0.3) is 32.6 Å². The van der Waals surface area contributed by atoms with E-state index in [2.05, 4.69) is 89.9 Å². The summed E-state index contributed by atoms with van der Waals surface area (Å²) in [5.74, 6) is 0.641. The van der Waals surface area contributed by atoms with Gasteiger partial charge in [-0.1, -0.05) is 61.0 Å². The van der Waals surface area contributed by atoms with Crippen LogP contribution in [0.4, 0.5) is 0 Å². The first-order valence-corrected chi connectivity index (χ1v) is 12.9. The quantitative estimate of drug-likeness (QED) is 0.234. The largest absolute Gasteiger partial charge is 0.492 e. The Hall–Kier alpha value is -3.46. The van der Waals surface area contributed by atoms with E-state index in [0.717, 1.165) is 43.9 Å². The Bertz CT molecular complexity index is 1480. The van der Waals surface area contributed by atoms with Gasteiger partial charge >= 0.3 is 0 Å². The second-order valence-corrected chi connectivity index (χ2v) is 10.0. The molecule has 5 aromatic rings. The van der Waals surface area contributed by atoms with Gasteiger partial charge in [-0.15, -0.1) is 11.3 Å². The minimum Gasteiger partial charge on any atom is -0.492 e. The van der Waals surface area contributed by atoms with Crippen LogP contribution in [0.1, 0.15) is 24.5 Å². The van der Waals surface area contributed by atoms with Crippen molar-refractivity contribution < 1.29 is 4.74 Å². The van der Waals surface area contributed by atoms with Gasteiger partial charge in [0, 0.05) is 21.4 Å². The number of thiophene rings is 1. The second-order valence-electron chi connectivity index (χ2n) is 8.06. The van der Waals surface area contributed by atoms with Crippen LogP contribution in [0.5, 0.6) is 5.75 Å². The number of aromatic nitrogens is 1. The predicted molar refractivity (Wildman–Crippen MR) is 144 cm³/mol. The first kappa shape index (κ1) is 22.3. The molecule has 5 heteroatoms. The number of fused-ring (bicyclic) bond motifs is 1. The SMILES string of the molecule is CCCOc1cccc(-c2c(-c3cccs3)n(Sc3ccc(C)cc3)c3ccccc23)c1C#N. The van der Waals surface area contributed by atoms with Crippen molar-refractivity contribution >= 4 is 34.2 Å². The molecule has 0 saturated carbocycles. The Balaban J connectivity index is 1.81. The summed E-state index contributed by atoms with van der Waals surface area (Å²) in [6.07, 6.45) is 0.891. The lowest BCUT2D eigenvalue weighted by Gasteiger charge is -2.13. The molecule has 0 amide bonds. The van der Waals surface area contributed by atoms with Gasteiger partial charge in [0.15, 0.2) is 0 Å². The molecular weight excluding hydrogens is 456 g/mol. The lowest BCUT2D eigenvalue weighted by atomic mass is 9.96. The molecule has 5 rings (SSSR count). The molecule has 0 fully saturated rings. The van der Waals surface area contributed by atoms with Crippen molar-refractivity contribution in [2.24, 2.45) is 0 Å². The summed E-state index contributed by atoms with van der Waals surface area (Å²) in [5, 5.41) is 13.4. The zero-order chi connectivity index (χ0) is 23.5. The minimum absolute atomic E-state index is 0.581. The van der Waals surface area contributed by atoms with Gasteiger partial charge in [-0.2, -0.15) is 5.26 Å². The second kappa shape index (κ2) is 9.80. The molecule has 0 radical (unpaired) electrons. The zero-order valence-electron chi connectivity index (χ0n) is 19.1. The third-order valence-corrected chi connectivity index (χ3v) is 7.59. The Morgan fingerprint density at radius 3 is 2.53 bits per heavy atom. The zero-order valence-corrected chi connectivity index (χ0v) is 20.7. The number of para-hydroxylation sites is 1. The lowest BCUT2D eigenvalue weighted by molar-refractivity contribution is 0.316. The van der Waals surface area contributed by atoms with E-state index in [9.17, 15) is 5.26 Å². The average molecular weight is 481 g/mol. The number of hydrogen-bond acceptors (Lipinski definition) is 4. The molecule has 2 heterocycles. The fourth-order valence-electron chi connectivity index (χ4n) is 4.11. The number of ether oxygens (including phenoxy) is 1. The topological polar surface area (TPSA) is 38.0 Å². The van der Waals surface area contributed by atoms with E-state index in [1.54, 1.807) is 23.3 Å². The Labute approximate surface area is 208 Å². The van der Waals surface area contributed by atoms with Crippen molar-refractivity contribution in [2.45, 2.75) is 25.2 Å². The highest BCUT2D eigenvalue weighted by molar-refractivity contribution is 7.98. The standard InChI is InChI=1S/C29H24N2OS2/c1-3-17-32-26-11-6-9-22(24(26)19-30)28-23-8-4-5-10-25(23)31(29(28)27-12-7-18-33-27)34-21-15-13-20(2)14-16-21/h4-16,18H,3,17H2,1-2H3. The number of aryl methyl sites for hydroxylation is 1. The van der Waals surface area contributed by atoms with E-state index in [1.807, 2.05) is 18.2 Å². The van der Waals surface area contributed by atoms with E-state index >= 15 is 0 Å². The summed E-state index contributed by atoms with van der Waals surface area (Å²) < 4.78 is 8.27. The van der Waals surface area contributed by atoms with E-state index in [-0.39, 0.29) is 0 Å². The summed E-state index contributed by atoms with van der Waals surface area (Å²) >= 11 is 3.42. The summed E-state index contributed by atoms with van der Waals surface area (Å²) in [4.78, 5) is 2.32. The summed E-state index contributed by atoms with van der Waals surface area (Å²) in [5.41, 5.74) is 6.01. The molecule has 168 valence electrons. The van der Waals surface area contributed by atoms with Gasteiger partial charge in [-0.05, 0) is 61.0 Å². The van der Waals surface area contributed by atoms with Crippen LogP contribution in [0.2, 0.25) is 0 Å². The van der Waals surface area contributed by atoms with Crippen LogP contribution in [0, 0.1) is 18.3 Å². The lowest BCUT2D eigenvalue weighted by Crippen LogP contribution is -1.99. The highest BCUT2D eigenvalue weighted by Crippen LogP contribution is 2.47. The average Bonchev–Trinajstić information content (AvgIpc) is 3.50. The van der Waals surface area contributed by atoms with Gasteiger partial charge in [-0.25, -0.2) is 0 Å². The van der Waals surface area contributed by atoms with Crippen molar-refractivity contribution in [2.75, 3.05) is 6.61 Å². The molecule has 0 N–H and O–H groups in total. The summed E-state index contributed by atoms with van der Waals surface area (Å²) in [7, 11) is 0. The monoisotopic (exact) mass is 480 g/mol. The number of benzene rings is 3. The van der Waals surface area contributed by atoms with Crippen molar-refractivity contribution in [3.8, 4) is 33.5 Å². The van der Waals surface area contributed by atoms with Crippen LogP contribution < -0.4 is 4.74 Å². The van der Waals surface area contributed by atoms with Gasteiger partial charge < -0.3 is 4.74 Å². The normalized spacial score (nSPS) is 11.0. The predicted octanol–water partition coefficient (Wildman–Crippen LogP) is 8.56. The van der Waals surface area contributed by atoms with Gasteiger partial charge in [0.05, 0.1) is 22.7 Å². The van der Waals surface area contributed by atoms with Crippen LogP contribution in [-0.4, -0.2) is 10.6 Å². The maximum Gasteiger partial charge on any atom is 0.137 e. The highest BCUT2D eigenvalue weighted by Gasteiger charge is 2.24. The maximum absolute atomic E-state index is 10.2. The van der Waals surface area contributed by atoms with Crippen molar-refractivity contribution in [1.82, 2.24) is 3.97 Å². The third kappa shape index (κ3) is 4.11. The number of rotatable bonds is 7. The fourth-order valence-corrected chi connectivity index (χ4v) is 5.94. The van der Waals surface area contributed by atoms with Crippen molar-refractivity contribution in [1.29, 1.82) is 5.26 Å². The molecule has 0 aliphatic heterocycles. The van der Waals surface area contributed by atoms with Crippen molar-refractivity contribution in [3.05, 3.63) is 95.4 Å². The molecule has 0 bridgehead atoms. The van der Waals surface area contributed by atoms with Crippen LogP contribution >= 0.6 is 23.3 Å². The summed E-state index contributed by atoms with van der Waals surface area (Å²) in [6.45, 7) is 4.76. The molecule has 0 atom stereocenters. The molecule has 0 unspecified atom stereocenters. The van der Waals surface area contributed by atoms with E-state index < -0.39 is 0 Å². The Morgan fingerprint density at radius 2 is 1.79 bits per heavy atom. The van der Waals surface area contributed by atoms with Gasteiger partial charge in [0.2, 0.25) is 0 Å². The summed E-state index contributed by atoms with van der Waals surface area (Å²) in [6, 6.07) is 29.6. The molecule has 2 aromatic heterocycles. The van der Waals surface area contributed by atoms with Gasteiger partial charge in [0.25, 0.3) is 0 Å². The first-order valence-electron chi connectivity index (χ1n) is 11.3. The molecular formula is C29H24N2OS2. The molecule has 0 aliphatic rings. The molecule has 0 aliphatic carbocycles.